The van der Waals surface area contributed by atoms with Crippen molar-refractivity contribution in [3.8, 4) is 11.4 Å². The summed E-state index contributed by atoms with van der Waals surface area (Å²) in [6.07, 6.45) is 3.31. The molecule has 31 heavy (non-hydrogen) atoms. The van der Waals surface area contributed by atoms with Crippen LogP contribution in [0.3, 0.4) is 0 Å². The van der Waals surface area contributed by atoms with Gasteiger partial charge in [0.25, 0.3) is 0 Å². The van der Waals surface area contributed by atoms with Gasteiger partial charge < -0.3 is 19.0 Å². The second-order valence-corrected chi connectivity index (χ2v) is 8.79. The maximum Gasteiger partial charge on any atom is 0.341 e. The van der Waals surface area contributed by atoms with E-state index in [1.807, 2.05) is 24.5 Å². The molecule has 1 amide bonds. The fourth-order valence-electron chi connectivity index (χ4n) is 3.00. The molecule has 0 spiro atoms. The van der Waals surface area contributed by atoms with Crippen molar-refractivity contribution in [2.75, 3.05) is 17.7 Å². The number of aryl methyl sites for hydroxylation is 2. The molecule has 10 heteroatoms. The van der Waals surface area contributed by atoms with Crippen LogP contribution in [0.5, 0.6) is 0 Å². The quantitative estimate of drug-likeness (QED) is 0.342. The topological polar surface area (TPSA) is 99.2 Å². The van der Waals surface area contributed by atoms with Crippen molar-refractivity contribution in [1.29, 1.82) is 0 Å². The maximum absolute atomic E-state index is 12.6. The molecule has 3 aromatic heterocycles. The summed E-state index contributed by atoms with van der Waals surface area (Å²) in [5.41, 5.74) is 1.29. The number of nitrogens with one attached hydrogen (secondary N) is 1. The third-order valence-electron chi connectivity index (χ3n) is 4.48. The van der Waals surface area contributed by atoms with Crippen molar-refractivity contribution in [3.05, 3.63) is 34.6 Å². The number of thioether (sulfide) groups is 1. The fraction of sp³-hybridized carbons (Fsp3) is 0.429. The zero-order valence-electron chi connectivity index (χ0n) is 18.1. The van der Waals surface area contributed by atoms with Crippen molar-refractivity contribution < 1.29 is 18.7 Å². The SMILES string of the molecule is CCCn1c(SCC(=O)Nc2sc(CC)cc2C(=O)OCC)nnc1-c1ccoc1C. The number of hydrogen-bond acceptors (Lipinski definition) is 8. The lowest BCUT2D eigenvalue weighted by Crippen LogP contribution is -2.16. The number of furan rings is 1. The van der Waals surface area contributed by atoms with Crippen molar-refractivity contribution >= 4 is 40.0 Å². The van der Waals surface area contributed by atoms with E-state index < -0.39 is 5.97 Å². The number of aromatic nitrogens is 3. The van der Waals surface area contributed by atoms with Gasteiger partial charge in [0.05, 0.1) is 29.7 Å². The van der Waals surface area contributed by atoms with Crippen LogP contribution in [0.1, 0.15) is 48.2 Å². The van der Waals surface area contributed by atoms with Crippen molar-refractivity contribution in [2.45, 2.75) is 52.2 Å². The van der Waals surface area contributed by atoms with Crippen LogP contribution in [-0.2, 0) is 22.5 Å². The molecule has 0 atom stereocenters. The predicted octanol–water partition coefficient (Wildman–Crippen LogP) is 4.79. The van der Waals surface area contributed by atoms with Gasteiger partial charge in [0.1, 0.15) is 10.8 Å². The average Bonchev–Trinajstić information content (AvgIpc) is 3.45. The minimum absolute atomic E-state index is 0.147. The lowest BCUT2D eigenvalue weighted by atomic mass is 10.2. The number of esters is 1. The first-order valence-corrected chi connectivity index (χ1v) is 12.0. The van der Waals surface area contributed by atoms with E-state index >= 15 is 0 Å². The second-order valence-electron chi connectivity index (χ2n) is 6.71. The summed E-state index contributed by atoms with van der Waals surface area (Å²) in [5, 5.41) is 12.6. The van der Waals surface area contributed by atoms with Crippen LogP contribution >= 0.6 is 23.1 Å². The Balaban J connectivity index is 1.72. The molecule has 0 aliphatic heterocycles. The molecule has 3 aromatic rings. The average molecular weight is 463 g/mol. The molecule has 3 rings (SSSR count). The third kappa shape index (κ3) is 5.37. The molecule has 0 saturated heterocycles. The van der Waals surface area contributed by atoms with Crippen molar-refractivity contribution in [2.24, 2.45) is 0 Å². The van der Waals surface area contributed by atoms with Crippen molar-refractivity contribution in [3.63, 3.8) is 0 Å². The highest BCUT2D eigenvalue weighted by Crippen LogP contribution is 2.30. The van der Waals surface area contributed by atoms with Gasteiger partial charge >= 0.3 is 5.97 Å². The van der Waals surface area contributed by atoms with E-state index in [2.05, 4.69) is 22.4 Å². The van der Waals surface area contributed by atoms with Gasteiger partial charge in [0.2, 0.25) is 5.91 Å². The van der Waals surface area contributed by atoms with E-state index in [0.717, 1.165) is 41.4 Å². The van der Waals surface area contributed by atoms with E-state index in [1.165, 1.54) is 23.1 Å². The number of anilines is 1. The van der Waals surface area contributed by atoms with Crippen LogP contribution in [-0.4, -0.2) is 39.0 Å². The Morgan fingerprint density at radius 3 is 2.74 bits per heavy atom. The molecule has 0 aromatic carbocycles. The number of carbonyl (C=O) groups is 2. The summed E-state index contributed by atoms with van der Waals surface area (Å²) in [5.74, 6) is 1.01. The molecular weight excluding hydrogens is 436 g/mol. The lowest BCUT2D eigenvalue weighted by molar-refractivity contribution is -0.113. The van der Waals surface area contributed by atoms with Crippen LogP contribution in [0.25, 0.3) is 11.4 Å². The Bertz CT molecular complexity index is 1050. The number of nitrogens with zero attached hydrogens (tertiary/aromatic N) is 3. The zero-order valence-corrected chi connectivity index (χ0v) is 19.7. The zero-order chi connectivity index (χ0) is 22.4. The van der Waals surface area contributed by atoms with Crippen LogP contribution in [0, 0.1) is 6.92 Å². The molecule has 1 N–H and O–H groups in total. The molecule has 0 saturated carbocycles. The largest absolute Gasteiger partial charge is 0.469 e. The highest BCUT2D eigenvalue weighted by Gasteiger charge is 2.21. The van der Waals surface area contributed by atoms with Gasteiger partial charge in [0.15, 0.2) is 11.0 Å². The molecule has 3 heterocycles. The number of thiophene rings is 1. The first-order valence-electron chi connectivity index (χ1n) is 10.2. The van der Waals surface area contributed by atoms with Crippen LogP contribution in [0.15, 0.2) is 28.0 Å². The second kappa shape index (κ2) is 10.6. The number of rotatable bonds is 10. The van der Waals surface area contributed by atoms with Gasteiger partial charge in [-0.15, -0.1) is 21.5 Å². The van der Waals surface area contributed by atoms with Gasteiger partial charge in [-0.05, 0) is 38.8 Å². The summed E-state index contributed by atoms with van der Waals surface area (Å²) in [6.45, 7) is 8.73. The first-order chi connectivity index (χ1) is 15.0. The number of carbonyl (C=O) groups excluding carboxylic acids is 2. The standard InChI is InChI=1S/C21H26N4O4S2/c1-5-9-25-18(15-8-10-29-13(15)4)23-24-21(25)30-12-17(26)22-19-16(20(27)28-7-3)11-14(6-2)31-19/h8,10-11H,5-7,9,12H2,1-4H3,(H,22,26). The van der Waals surface area contributed by atoms with E-state index in [1.54, 1.807) is 19.3 Å². The molecule has 8 nitrogen and oxygen atoms in total. The van der Waals surface area contributed by atoms with E-state index in [4.69, 9.17) is 9.15 Å². The summed E-state index contributed by atoms with van der Waals surface area (Å²) in [6, 6.07) is 3.65. The van der Waals surface area contributed by atoms with E-state index in [9.17, 15) is 9.59 Å². The van der Waals surface area contributed by atoms with E-state index in [0.29, 0.717) is 15.7 Å². The summed E-state index contributed by atoms with van der Waals surface area (Å²) >= 11 is 2.70. The molecule has 0 aliphatic carbocycles. The van der Waals surface area contributed by atoms with Crippen LogP contribution in [0.4, 0.5) is 5.00 Å². The molecule has 0 unspecified atom stereocenters. The Morgan fingerprint density at radius 1 is 1.29 bits per heavy atom. The van der Waals surface area contributed by atoms with Gasteiger partial charge in [-0.3, -0.25) is 4.79 Å². The Labute approximate surface area is 189 Å². The lowest BCUT2D eigenvalue weighted by Gasteiger charge is -2.09. The van der Waals surface area contributed by atoms with Gasteiger partial charge in [0, 0.05) is 11.4 Å². The Hall–Kier alpha value is -2.59. The number of amides is 1. The van der Waals surface area contributed by atoms with Crippen molar-refractivity contribution in [1.82, 2.24) is 14.8 Å². The summed E-state index contributed by atoms with van der Waals surface area (Å²) in [4.78, 5) is 25.8. The molecule has 0 bridgehead atoms. The monoisotopic (exact) mass is 462 g/mol. The number of hydrogen-bond donors (Lipinski definition) is 1. The highest BCUT2D eigenvalue weighted by atomic mass is 32.2. The molecular formula is C21H26N4O4S2. The normalized spacial score (nSPS) is 11.0. The van der Waals surface area contributed by atoms with Gasteiger partial charge in [-0.2, -0.15) is 0 Å². The minimum atomic E-state index is -0.427. The Morgan fingerprint density at radius 2 is 2.10 bits per heavy atom. The highest BCUT2D eigenvalue weighted by molar-refractivity contribution is 7.99. The minimum Gasteiger partial charge on any atom is -0.469 e. The van der Waals surface area contributed by atoms with Gasteiger partial charge in [-0.1, -0.05) is 25.6 Å². The predicted molar refractivity (Wildman–Crippen MR) is 122 cm³/mol. The smallest absolute Gasteiger partial charge is 0.341 e. The third-order valence-corrected chi connectivity index (χ3v) is 6.64. The fourth-order valence-corrected chi connectivity index (χ4v) is 4.76. The molecule has 0 radical (unpaired) electrons. The molecule has 0 fully saturated rings. The number of ether oxygens (including phenoxy) is 1. The van der Waals surface area contributed by atoms with E-state index in [-0.39, 0.29) is 18.3 Å². The van der Waals surface area contributed by atoms with Gasteiger partial charge in [-0.25, -0.2) is 4.79 Å². The van der Waals surface area contributed by atoms with Crippen LogP contribution in [0.2, 0.25) is 0 Å². The summed E-state index contributed by atoms with van der Waals surface area (Å²) < 4.78 is 12.5. The Kier molecular flexibility index (Phi) is 7.91. The summed E-state index contributed by atoms with van der Waals surface area (Å²) in [7, 11) is 0. The van der Waals surface area contributed by atoms with Crippen LogP contribution < -0.4 is 5.32 Å². The first kappa shape index (κ1) is 23.1. The molecule has 0 aliphatic rings. The maximum atomic E-state index is 12.6. The molecule has 166 valence electrons.